The molecular formula is C22H34F3N3O6. The standard InChI is InChI=1S/C20H33N3O4.C2HF3O2/c1-4-22-13-15-19(7-8-20(15,14-22)18(26)21-2)9-11-23(12-10-19)16(24)5-6-17(25)27-3;3-2(4,5)1(6)7/h15H,4-14H2,1-3H3,(H,21,26);(H,6,7)/t15-,20+;/m0./s1. The zero-order valence-corrected chi connectivity index (χ0v) is 19.9. The van der Waals surface area contributed by atoms with Gasteiger partial charge >= 0.3 is 18.1 Å². The van der Waals surface area contributed by atoms with E-state index in [4.69, 9.17) is 9.90 Å². The van der Waals surface area contributed by atoms with Crippen LogP contribution in [0.5, 0.6) is 0 Å². The molecule has 194 valence electrons. The van der Waals surface area contributed by atoms with E-state index in [9.17, 15) is 27.6 Å². The van der Waals surface area contributed by atoms with Crippen molar-refractivity contribution in [3.63, 3.8) is 0 Å². The Morgan fingerprint density at radius 2 is 1.68 bits per heavy atom. The van der Waals surface area contributed by atoms with Crippen molar-refractivity contribution in [2.75, 3.05) is 46.9 Å². The number of nitrogens with one attached hydrogen (secondary N) is 1. The lowest BCUT2D eigenvalue weighted by molar-refractivity contribution is -0.192. The van der Waals surface area contributed by atoms with E-state index in [-0.39, 0.29) is 41.5 Å². The Balaban J connectivity index is 0.000000509. The van der Waals surface area contributed by atoms with Crippen molar-refractivity contribution < 1.29 is 42.2 Å². The second-order valence-electron chi connectivity index (χ2n) is 9.24. The number of halogens is 3. The van der Waals surface area contributed by atoms with Crippen LogP contribution < -0.4 is 5.32 Å². The maximum atomic E-state index is 12.8. The fraction of sp³-hybridized carbons (Fsp3) is 0.818. The lowest BCUT2D eigenvalue weighted by Crippen LogP contribution is -2.49. The van der Waals surface area contributed by atoms with E-state index < -0.39 is 12.1 Å². The van der Waals surface area contributed by atoms with Crippen LogP contribution in [0.15, 0.2) is 0 Å². The molecule has 9 nitrogen and oxygen atoms in total. The molecule has 0 aromatic rings. The van der Waals surface area contributed by atoms with Gasteiger partial charge in [-0.2, -0.15) is 13.2 Å². The lowest BCUT2D eigenvalue weighted by atomic mass is 9.65. The lowest BCUT2D eigenvalue weighted by Gasteiger charge is -2.44. The predicted molar refractivity (Wildman–Crippen MR) is 115 cm³/mol. The zero-order chi connectivity index (χ0) is 25.7. The van der Waals surface area contributed by atoms with Gasteiger partial charge in [-0.3, -0.25) is 14.4 Å². The highest BCUT2D eigenvalue weighted by Crippen LogP contribution is 2.62. The van der Waals surface area contributed by atoms with Gasteiger partial charge in [-0.15, -0.1) is 0 Å². The van der Waals surface area contributed by atoms with Gasteiger partial charge in [0.1, 0.15) is 0 Å². The number of nitrogens with zero attached hydrogens (tertiary/aromatic N) is 2. The van der Waals surface area contributed by atoms with Crippen LogP contribution >= 0.6 is 0 Å². The number of hydrogen-bond donors (Lipinski definition) is 2. The number of hydrogen-bond acceptors (Lipinski definition) is 6. The molecule has 2 amide bonds. The molecule has 2 N–H and O–H groups in total. The Morgan fingerprint density at radius 1 is 1.09 bits per heavy atom. The summed E-state index contributed by atoms with van der Waals surface area (Å²) in [6.45, 7) is 6.44. The van der Waals surface area contributed by atoms with Crippen molar-refractivity contribution in [2.45, 2.75) is 51.6 Å². The number of amides is 2. The SMILES string of the molecule is CCN1C[C@H]2C3(CCN(C(=O)CCC(=O)OC)CC3)CC[C@@]2(C(=O)NC)C1.O=C(O)C(F)(F)F. The molecule has 0 aromatic carbocycles. The molecule has 3 fully saturated rings. The third-order valence-electron chi connectivity index (χ3n) is 7.67. The summed E-state index contributed by atoms with van der Waals surface area (Å²) in [6.07, 6.45) is -0.785. The summed E-state index contributed by atoms with van der Waals surface area (Å²) in [6, 6.07) is 0. The molecule has 2 atom stereocenters. The fourth-order valence-electron chi connectivity index (χ4n) is 5.79. The van der Waals surface area contributed by atoms with Gasteiger partial charge in [0, 0.05) is 39.6 Å². The first-order valence-electron chi connectivity index (χ1n) is 11.4. The summed E-state index contributed by atoms with van der Waals surface area (Å²) < 4.78 is 36.4. The molecule has 0 unspecified atom stereocenters. The Bertz CT molecular complexity index is 782. The summed E-state index contributed by atoms with van der Waals surface area (Å²) in [7, 11) is 3.09. The molecule has 0 radical (unpaired) electrons. The smallest absolute Gasteiger partial charge is 0.475 e. The van der Waals surface area contributed by atoms with Crippen molar-refractivity contribution in [1.82, 2.24) is 15.1 Å². The number of carboxylic acid groups (broad SMARTS) is 1. The third kappa shape index (κ3) is 5.81. The van der Waals surface area contributed by atoms with E-state index in [1.54, 1.807) is 7.05 Å². The minimum Gasteiger partial charge on any atom is -0.475 e. The van der Waals surface area contributed by atoms with Gasteiger partial charge in [0.15, 0.2) is 0 Å². The Hall–Kier alpha value is -2.37. The van der Waals surface area contributed by atoms with Gasteiger partial charge in [0.2, 0.25) is 11.8 Å². The molecule has 2 heterocycles. The number of alkyl halides is 3. The van der Waals surface area contributed by atoms with Gasteiger partial charge in [-0.25, -0.2) is 4.79 Å². The molecule has 3 aliphatic rings. The average molecular weight is 494 g/mol. The summed E-state index contributed by atoms with van der Waals surface area (Å²) in [5.74, 6) is -2.50. The van der Waals surface area contributed by atoms with Crippen LogP contribution in [0.4, 0.5) is 13.2 Å². The van der Waals surface area contributed by atoms with E-state index in [0.29, 0.717) is 5.92 Å². The molecule has 1 saturated carbocycles. The molecule has 1 spiro atoms. The van der Waals surface area contributed by atoms with Crippen LogP contribution in [0.25, 0.3) is 0 Å². The highest BCUT2D eigenvalue weighted by molar-refractivity contribution is 5.84. The number of carbonyl (C=O) groups excluding carboxylic acids is 3. The second-order valence-corrected chi connectivity index (χ2v) is 9.24. The second kappa shape index (κ2) is 10.9. The number of esters is 1. The molecule has 34 heavy (non-hydrogen) atoms. The average Bonchev–Trinajstić information content (AvgIpc) is 3.33. The van der Waals surface area contributed by atoms with Crippen LogP contribution in [0, 0.1) is 16.7 Å². The first-order chi connectivity index (χ1) is 15.8. The molecular weight excluding hydrogens is 459 g/mol. The Labute approximate surface area is 197 Å². The van der Waals surface area contributed by atoms with Crippen LogP contribution in [-0.2, 0) is 23.9 Å². The van der Waals surface area contributed by atoms with Crippen molar-refractivity contribution in [3.8, 4) is 0 Å². The minimum atomic E-state index is -5.08. The number of methoxy groups -OCH3 is 1. The number of ether oxygens (including phenoxy) is 1. The van der Waals surface area contributed by atoms with Crippen molar-refractivity contribution in [1.29, 1.82) is 0 Å². The fourth-order valence-corrected chi connectivity index (χ4v) is 5.79. The van der Waals surface area contributed by atoms with Gasteiger partial charge in [-0.1, -0.05) is 6.92 Å². The largest absolute Gasteiger partial charge is 0.490 e. The molecule has 2 saturated heterocycles. The summed E-state index contributed by atoms with van der Waals surface area (Å²) >= 11 is 0. The summed E-state index contributed by atoms with van der Waals surface area (Å²) in [5.41, 5.74) is -0.0998. The van der Waals surface area contributed by atoms with E-state index >= 15 is 0 Å². The van der Waals surface area contributed by atoms with Gasteiger partial charge in [-0.05, 0) is 43.6 Å². The number of piperidine rings is 1. The highest BCUT2D eigenvalue weighted by atomic mass is 19.4. The van der Waals surface area contributed by atoms with Crippen LogP contribution in [0.2, 0.25) is 0 Å². The number of rotatable bonds is 5. The van der Waals surface area contributed by atoms with E-state index in [0.717, 1.165) is 58.4 Å². The maximum Gasteiger partial charge on any atom is 0.490 e. The number of aliphatic carboxylic acids is 1. The third-order valence-corrected chi connectivity index (χ3v) is 7.67. The van der Waals surface area contributed by atoms with Crippen molar-refractivity contribution >= 4 is 23.8 Å². The van der Waals surface area contributed by atoms with E-state index in [1.165, 1.54) is 7.11 Å². The maximum absolute atomic E-state index is 12.8. The molecule has 2 aliphatic heterocycles. The zero-order valence-electron chi connectivity index (χ0n) is 19.9. The molecule has 0 bridgehead atoms. The number of fused-ring (bicyclic) bond motifs is 2. The molecule has 0 aromatic heterocycles. The summed E-state index contributed by atoms with van der Waals surface area (Å²) in [4.78, 5) is 49.7. The minimum absolute atomic E-state index is 0.0346. The Kier molecular flexibility index (Phi) is 8.95. The van der Waals surface area contributed by atoms with Gasteiger partial charge < -0.3 is 25.0 Å². The van der Waals surface area contributed by atoms with Crippen LogP contribution in [0.1, 0.15) is 45.4 Å². The topological polar surface area (TPSA) is 116 Å². The van der Waals surface area contributed by atoms with Crippen molar-refractivity contribution in [2.24, 2.45) is 16.7 Å². The van der Waals surface area contributed by atoms with Crippen molar-refractivity contribution in [3.05, 3.63) is 0 Å². The first-order valence-corrected chi connectivity index (χ1v) is 11.4. The van der Waals surface area contributed by atoms with E-state index in [2.05, 4.69) is 21.9 Å². The molecule has 3 rings (SSSR count). The number of likely N-dealkylation sites (tertiary alicyclic amines) is 2. The molecule has 1 aliphatic carbocycles. The predicted octanol–water partition coefficient (Wildman–Crippen LogP) is 1.66. The van der Waals surface area contributed by atoms with E-state index in [1.807, 2.05) is 4.90 Å². The molecule has 12 heteroatoms. The quantitative estimate of drug-likeness (QED) is 0.560. The van der Waals surface area contributed by atoms with Gasteiger partial charge in [0.25, 0.3) is 0 Å². The Morgan fingerprint density at radius 3 is 2.15 bits per heavy atom. The summed E-state index contributed by atoms with van der Waals surface area (Å²) in [5, 5.41) is 10.0. The first kappa shape index (κ1) is 27.9. The normalized spacial score (nSPS) is 25.8. The van der Waals surface area contributed by atoms with Crippen LogP contribution in [0.3, 0.4) is 0 Å². The monoisotopic (exact) mass is 493 g/mol. The number of carboxylic acids is 1. The van der Waals surface area contributed by atoms with Crippen LogP contribution in [-0.4, -0.2) is 91.7 Å². The van der Waals surface area contributed by atoms with Gasteiger partial charge in [0.05, 0.1) is 18.9 Å². The highest BCUT2D eigenvalue weighted by Gasteiger charge is 2.63. The number of carbonyl (C=O) groups is 4.